The van der Waals surface area contributed by atoms with Gasteiger partial charge in [0.15, 0.2) is 0 Å². The lowest BCUT2D eigenvalue weighted by molar-refractivity contribution is 0.159. The molecule has 1 aromatic heterocycles. The Bertz CT molecular complexity index is 893. The molecule has 3 rings (SSSR count). The van der Waals surface area contributed by atoms with Crippen LogP contribution in [0.2, 0.25) is 0 Å². The Morgan fingerprint density at radius 1 is 1.08 bits per heavy atom. The minimum atomic E-state index is -0.152. The van der Waals surface area contributed by atoms with Gasteiger partial charge in [0.1, 0.15) is 12.3 Å². The smallest absolute Gasteiger partial charge is 0.281 e. The van der Waals surface area contributed by atoms with E-state index in [4.69, 9.17) is 4.84 Å². The maximum Gasteiger partial charge on any atom is 0.281 e. The number of H-pyrrole nitrogens is 1. The Labute approximate surface area is 140 Å². The number of para-hydroxylation sites is 1. The summed E-state index contributed by atoms with van der Waals surface area (Å²) in [5, 5.41) is 7.32. The number of hydrogen-bond donors (Lipinski definition) is 1. The molecule has 5 heteroatoms. The topological polar surface area (TPSA) is 59.4 Å². The van der Waals surface area contributed by atoms with E-state index in [1.54, 1.807) is 0 Å². The summed E-state index contributed by atoms with van der Waals surface area (Å²) in [4.78, 5) is 18.2. The normalized spacial score (nSPS) is 11.5. The number of benzene rings is 2. The second kappa shape index (κ2) is 7.00. The molecule has 0 saturated carbocycles. The van der Waals surface area contributed by atoms with E-state index in [1.165, 1.54) is 4.68 Å². The molecule has 1 N–H and O–H groups in total. The van der Waals surface area contributed by atoms with Crippen molar-refractivity contribution in [3.05, 3.63) is 87.8 Å². The molecule has 0 aliphatic carbocycles. The summed E-state index contributed by atoms with van der Waals surface area (Å²) in [6.45, 7) is 4.16. The van der Waals surface area contributed by atoms with E-state index in [9.17, 15) is 4.79 Å². The van der Waals surface area contributed by atoms with Crippen molar-refractivity contribution in [2.45, 2.75) is 13.8 Å². The molecular weight excluding hydrogens is 302 g/mol. The molecule has 0 aliphatic heterocycles. The van der Waals surface area contributed by atoms with Gasteiger partial charge in [-0.25, -0.2) is 4.68 Å². The Balaban J connectivity index is 2.16. The maximum atomic E-state index is 13.0. The summed E-state index contributed by atoms with van der Waals surface area (Å²) in [6, 6.07) is 19.0. The average Bonchev–Trinajstić information content (AvgIpc) is 2.92. The molecule has 1 heterocycles. The molecule has 0 radical (unpaired) electrons. The first kappa shape index (κ1) is 15.8. The highest BCUT2D eigenvalue weighted by Gasteiger charge is 2.20. The molecule has 24 heavy (non-hydrogen) atoms. The number of aryl methyl sites for hydroxylation is 1. The first-order valence-electron chi connectivity index (χ1n) is 7.85. The minimum absolute atomic E-state index is 0.152. The summed E-state index contributed by atoms with van der Waals surface area (Å²) in [5.74, 6) is 0. The van der Waals surface area contributed by atoms with E-state index < -0.39 is 0 Å². The minimum Gasteiger partial charge on any atom is -0.396 e. The van der Waals surface area contributed by atoms with Crippen LogP contribution in [-0.4, -0.2) is 22.1 Å². The molecule has 0 aliphatic rings. The van der Waals surface area contributed by atoms with Gasteiger partial charge >= 0.3 is 0 Å². The second-order valence-corrected chi connectivity index (χ2v) is 5.31. The lowest BCUT2D eigenvalue weighted by Crippen LogP contribution is -2.21. The van der Waals surface area contributed by atoms with Gasteiger partial charge < -0.3 is 4.84 Å². The summed E-state index contributed by atoms with van der Waals surface area (Å²) >= 11 is 0. The summed E-state index contributed by atoms with van der Waals surface area (Å²) in [5.41, 5.74) is 3.25. The van der Waals surface area contributed by atoms with Gasteiger partial charge in [0, 0.05) is 11.3 Å². The van der Waals surface area contributed by atoms with Crippen LogP contribution in [0.25, 0.3) is 5.69 Å². The average molecular weight is 321 g/mol. The zero-order valence-corrected chi connectivity index (χ0v) is 13.7. The van der Waals surface area contributed by atoms with Crippen molar-refractivity contribution in [2.75, 3.05) is 6.61 Å². The molecule has 0 spiro atoms. The predicted octanol–water partition coefficient (Wildman–Crippen LogP) is 3.26. The molecule has 5 nitrogen and oxygen atoms in total. The monoisotopic (exact) mass is 321 g/mol. The van der Waals surface area contributed by atoms with Gasteiger partial charge in [-0.05, 0) is 26.0 Å². The van der Waals surface area contributed by atoms with Gasteiger partial charge in [0.2, 0.25) is 0 Å². The second-order valence-electron chi connectivity index (χ2n) is 5.31. The van der Waals surface area contributed by atoms with Gasteiger partial charge in [0.25, 0.3) is 5.56 Å². The highest BCUT2D eigenvalue weighted by molar-refractivity contribution is 6.13. The highest BCUT2D eigenvalue weighted by Crippen LogP contribution is 2.13. The molecule has 0 unspecified atom stereocenters. The molecule has 2 aromatic carbocycles. The molecule has 0 fully saturated rings. The van der Waals surface area contributed by atoms with Crippen LogP contribution >= 0.6 is 0 Å². The largest absolute Gasteiger partial charge is 0.396 e. The molecule has 0 amide bonds. The van der Waals surface area contributed by atoms with E-state index in [2.05, 4.69) is 10.3 Å². The van der Waals surface area contributed by atoms with E-state index in [1.807, 2.05) is 74.5 Å². The van der Waals surface area contributed by atoms with Crippen LogP contribution in [0.1, 0.15) is 23.7 Å². The highest BCUT2D eigenvalue weighted by atomic mass is 16.6. The Hall–Kier alpha value is -3.08. The van der Waals surface area contributed by atoms with Gasteiger partial charge in [-0.15, -0.1) is 0 Å². The van der Waals surface area contributed by atoms with Crippen molar-refractivity contribution in [3.8, 4) is 5.69 Å². The van der Waals surface area contributed by atoms with Crippen LogP contribution in [0.3, 0.4) is 0 Å². The van der Waals surface area contributed by atoms with Gasteiger partial charge in [-0.1, -0.05) is 53.7 Å². The summed E-state index contributed by atoms with van der Waals surface area (Å²) in [6.07, 6.45) is 0. The summed E-state index contributed by atoms with van der Waals surface area (Å²) < 4.78 is 1.52. The van der Waals surface area contributed by atoms with Gasteiger partial charge in [-0.3, -0.25) is 9.89 Å². The zero-order chi connectivity index (χ0) is 16.9. The number of oxime groups is 1. The number of hydrogen-bond acceptors (Lipinski definition) is 3. The van der Waals surface area contributed by atoms with E-state index in [0.29, 0.717) is 17.9 Å². The molecular formula is C19H19N3O2. The number of rotatable bonds is 5. The SMILES string of the molecule is CCON=C(c1ccccc1)c1c(C)[nH]n(-c2ccccc2)c1=O. The third-order valence-corrected chi connectivity index (χ3v) is 3.65. The lowest BCUT2D eigenvalue weighted by Gasteiger charge is -2.05. The Morgan fingerprint density at radius 3 is 2.33 bits per heavy atom. The van der Waals surface area contributed by atoms with Crippen LogP contribution in [0.15, 0.2) is 70.6 Å². The molecule has 0 saturated heterocycles. The number of nitrogens with zero attached hydrogens (tertiary/aromatic N) is 2. The Kier molecular flexibility index (Phi) is 4.61. The fourth-order valence-electron chi connectivity index (χ4n) is 2.55. The van der Waals surface area contributed by atoms with Gasteiger partial charge in [-0.2, -0.15) is 0 Å². The standard InChI is InChI=1S/C19H19N3O2/c1-3-24-21-18(15-10-6-4-7-11-15)17-14(2)20-22(19(17)23)16-12-8-5-9-13-16/h4-13,20H,3H2,1-2H3. The number of aromatic amines is 1. The van der Waals surface area contributed by atoms with Crippen molar-refractivity contribution in [3.63, 3.8) is 0 Å². The zero-order valence-electron chi connectivity index (χ0n) is 13.7. The van der Waals surface area contributed by atoms with Crippen molar-refractivity contribution < 1.29 is 4.84 Å². The van der Waals surface area contributed by atoms with Crippen LogP contribution in [0.5, 0.6) is 0 Å². The molecule has 0 atom stereocenters. The van der Waals surface area contributed by atoms with Crippen LogP contribution in [0, 0.1) is 6.92 Å². The molecule has 0 bridgehead atoms. The van der Waals surface area contributed by atoms with Crippen LogP contribution in [-0.2, 0) is 4.84 Å². The van der Waals surface area contributed by atoms with Gasteiger partial charge in [0.05, 0.1) is 11.3 Å². The fraction of sp³-hybridized carbons (Fsp3) is 0.158. The predicted molar refractivity (Wildman–Crippen MR) is 94.8 cm³/mol. The fourth-order valence-corrected chi connectivity index (χ4v) is 2.55. The Morgan fingerprint density at radius 2 is 1.71 bits per heavy atom. The van der Waals surface area contributed by atoms with E-state index in [0.717, 1.165) is 16.9 Å². The summed E-state index contributed by atoms with van der Waals surface area (Å²) in [7, 11) is 0. The molecule has 122 valence electrons. The van der Waals surface area contributed by atoms with Crippen LogP contribution < -0.4 is 5.56 Å². The number of nitrogens with one attached hydrogen (secondary N) is 1. The number of aromatic nitrogens is 2. The quantitative estimate of drug-likeness (QED) is 0.579. The molecule has 3 aromatic rings. The first-order chi connectivity index (χ1) is 11.7. The third kappa shape index (κ3) is 3.01. The maximum absolute atomic E-state index is 13.0. The van der Waals surface area contributed by atoms with Crippen LogP contribution in [0.4, 0.5) is 0 Å². The van der Waals surface area contributed by atoms with Crippen molar-refractivity contribution >= 4 is 5.71 Å². The van der Waals surface area contributed by atoms with Crippen molar-refractivity contribution in [1.29, 1.82) is 0 Å². The van der Waals surface area contributed by atoms with Crippen molar-refractivity contribution in [2.24, 2.45) is 5.16 Å². The first-order valence-corrected chi connectivity index (χ1v) is 7.85. The van der Waals surface area contributed by atoms with E-state index in [-0.39, 0.29) is 5.56 Å². The van der Waals surface area contributed by atoms with Crippen molar-refractivity contribution in [1.82, 2.24) is 9.78 Å². The third-order valence-electron chi connectivity index (χ3n) is 3.65. The lowest BCUT2D eigenvalue weighted by atomic mass is 10.0. The van der Waals surface area contributed by atoms with E-state index >= 15 is 0 Å².